The van der Waals surface area contributed by atoms with Crippen LogP contribution in [0.3, 0.4) is 0 Å². The molecule has 2 aromatic rings. The Morgan fingerprint density at radius 2 is 1.96 bits per heavy atom. The normalized spacial score (nSPS) is 12.0. The second kappa shape index (κ2) is 13.3. The molecule has 0 aliphatic rings. The summed E-state index contributed by atoms with van der Waals surface area (Å²) in [5.41, 5.74) is 2.14. The molecule has 0 aliphatic heterocycles. The van der Waals surface area contributed by atoms with Crippen molar-refractivity contribution in [1.29, 1.82) is 0 Å². The Bertz CT molecular complexity index is 683. The van der Waals surface area contributed by atoms with E-state index in [1.54, 1.807) is 6.20 Å². The van der Waals surface area contributed by atoms with Crippen LogP contribution < -0.4 is 15.4 Å². The maximum Gasteiger partial charge on any atom is 0.213 e. The minimum absolute atomic E-state index is 0. The van der Waals surface area contributed by atoms with Gasteiger partial charge in [0.15, 0.2) is 5.96 Å². The molecule has 148 valence electrons. The average Bonchev–Trinajstić information content (AvgIpc) is 2.68. The molecule has 7 heteroatoms. The molecule has 0 spiro atoms. The van der Waals surface area contributed by atoms with Gasteiger partial charge in [-0.25, -0.2) is 9.98 Å². The van der Waals surface area contributed by atoms with Crippen LogP contribution >= 0.6 is 24.0 Å². The van der Waals surface area contributed by atoms with Gasteiger partial charge in [-0.2, -0.15) is 0 Å². The Morgan fingerprint density at radius 3 is 2.63 bits per heavy atom. The predicted octanol–water partition coefficient (Wildman–Crippen LogP) is 2.93. The molecular formula is C20H29IN4O2. The fourth-order valence-electron chi connectivity index (χ4n) is 2.52. The molecule has 1 aromatic heterocycles. The maximum absolute atomic E-state index is 9.69. The first-order valence-corrected chi connectivity index (χ1v) is 9.02. The molecule has 0 amide bonds. The third kappa shape index (κ3) is 8.13. The lowest BCUT2D eigenvalue weighted by Crippen LogP contribution is -2.39. The van der Waals surface area contributed by atoms with E-state index in [2.05, 4.69) is 20.6 Å². The minimum atomic E-state index is 0. The second-order valence-corrected chi connectivity index (χ2v) is 5.80. The van der Waals surface area contributed by atoms with Crippen LogP contribution in [0.25, 0.3) is 0 Å². The van der Waals surface area contributed by atoms with E-state index < -0.39 is 0 Å². The zero-order valence-corrected chi connectivity index (χ0v) is 18.2. The summed E-state index contributed by atoms with van der Waals surface area (Å²) in [5, 5.41) is 16.2. The molecule has 2 rings (SSSR count). The van der Waals surface area contributed by atoms with Crippen LogP contribution in [0.2, 0.25) is 0 Å². The highest BCUT2D eigenvalue weighted by Crippen LogP contribution is 2.13. The number of aliphatic imine (C=N–C) groups is 1. The summed E-state index contributed by atoms with van der Waals surface area (Å²) in [5.74, 6) is 1.35. The molecule has 0 fully saturated rings. The highest BCUT2D eigenvalue weighted by Gasteiger charge is 2.10. The third-order valence-corrected chi connectivity index (χ3v) is 3.86. The van der Waals surface area contributed by atoms with Crippen molar-refractivity contribution in [3.05, 3.63) is 59.8 Å². The first kappa shape index (κ1) is 23.2. The molecule has 0 aliphatic carbocycles. The summed E-state index contributed by atoms with van der Waals surface area (Å²) in [6.45, 7) is 6.52. The second-order valence-electron chi connectivity index (χ2n) is 5.80. The molecule has 3 N–H and O–H groups in total. The van der Waals surface area contributed by atoms with Gasteiger partial charge < -0.3 is 20.5 Å². The van der Waals surface area contributed by atoms with Crippen molar-refractivity contribution in [2.24, 2.45) is 4.99 Å². The van der Waals surface area contributed by atoms with Crippen LogP contribution in [0.5, 0.6) is 5.88 Å². The SMILES string of the molecule is CCNC(=NCc1ccnc(OCC)c1)NCC(CO)c1ccccc1.I. The fourth-order valence-corrected chi connectivity index (χ4v) is 2.52. The summed E-state index contributed by atoms with van der Waals surface area (Å²) in [7, 11) is 0. The van der Waals surface area contributed by atoms with Crippen molar-refractivity contribution in [2.45, 2.75) is 26.3 Å². The predicted molar refractivity (Wildman–Crippen MR) is 120 cm³/mol. The quantitative estimate of drug-likeness (QED) is 0.290. The summed E-state index contributed by atoms with van der Waals surface area (Å²) in [6, 6.07) is 13.8. The number of hydrogen-bond acceptors (Lipinski definition) is 4. The van der Waals surface area contributed by atoms with Gasteiger partial charge in [0, 0.05) is 31.3 Å². The summed E-state index contributed by atoms with van der Waals surface area (Å²) in [6.07, 6.45) is 1.73. The molecular weight excluding hydrogens is 455 g/mol. The molecule has 6 nitrogen and oxygen atoms in total. The van der Waals surface area contributed by atoms with Crippen molar-refractivity contribution in [3.63, 3.8) is 0 Å². The zero-order valence-electron chi connectivity index (χ0n) is 15.9. The van der Waals surface area contributed by atoms with E-state index in [0.717, 1.165) is 23.6 Å². The number of aliphatic hydroxyl groups is 1. The van der Waals surface area contributed by atoms with Crippen molar-refractivity contribution in [3.8, 4) is 5.88 Å². The number of aromatic nitrogens is 1. The van der Waals surface area contributed by atoms with Crippen LogP contribution in [-0.4, -0.2) is 42.4 Å². The third-order valence-electron chi connectivity index (χ3n) is 3.86. The lowest BCUT2D eigenvalue weighted by atomic mass is 10.0. The van der Waals surface area contributed by atoms with E-state index in [1.807, 2.05) is 56.3 Å². The van der Waals surface area contributed by atoms with E-state index >= 15 is 0 Å². The first-order valence-electron chi connectivity index (χ1n) is 9.02. The Hall–Kier alpha value is -1.87. The summed E-state index contributed by atoms with van der Waals surface area (Å²) >= 11 is 0. The summed E-state index contributed by atoms with van der Waals surface area (Å²) in [4.78, 5) is 8.78. The molecule has 0 radical (unpaired) electrons. The molecule has 1 atom stereocenters. The van der Waals surface area contributed by atoms with Crippen LogP contribution in [0.15, 0.2) is 53.7 Å². The minimum Gasteiger partial charge on any atom is -0.478 e. The average molecular weight is 484 g/mol. The van der Waals surface area contributed by atoms with Crippen molar-refractivity contribution >= 4 is 29.9 Å². The summed E-state index contributed by atoms with van der Waals surface area (Å²) < 4.78 is 5.42. The number of hydrogen-bond donors (Lipinski definition) is 3. The highest BCUT2D eigenvalue weighted by atomic mass is 127. The number of rotatable bonds is 9. The Balaban J connectivity index is 0.00000364. The number of nitrogens with one attached hydrogen (secondary N) is 2. The van der Waals surface area contributed by atoms with E-state index in [0.29, 0.717) is 25.6 Å². The van der Waals surface area contributed by atoms with Gasteiger partial charge in [0.1, 0.15) is 0 Å². The van der Waals surface area contributed by atoms with Gasteiger partial charge in [0.05, 0.1) is 19.8 Å². The van der Waals surface area contributed by atoms with Gasteiger partial charge in [0.25, 0.3) is 0 Å². The fraction of sp³-hybridized carbons (Fsp3) is 0.400. The smallest absolute Gasteiger partial charge is 0.213 e. The van der Waals surface area contributed by atoms with Crippen LogP contribution in [0, 0.1) is 0 Å². The standard InChI is InChI=1S/C20H28N4O2.HI/c1-3-21-20(23-13-16-10-11-22-19(12-16)26-4-2)24-14-18(15-25)17-8-6-5-7-9-17;/h5-12,18,25H,3-4,13-15H2,1-2H3,(H2,21,23,24);1H. The van der Waals surface area contributed by atoms with Crippen LogP contribution in [0.1, 0.15) is 30.9 Å². The number of halogens is 1. The van der Waals surface area contributed by atoms with E-state index in [4.69, 9.17) is 4.74 Å². The van der Waals surface area contributed by atoms with E-state index in [-0.39, 0.29) is 36.5 Å². The molecule has 0 bridgehead atoms. The zero-order chi connectivity index (χ0) is 18.6. The Kier molecular flexibility index (Phi) is 11.4. The molecule has 1 unspecified atom stereocenters. The lowest BCUT2D eigenvalue weighted by Gasteiger charge is -2.18. The van der Waals surface area contributed by atoms with Gasteiger partial charge in [-0.3, -0.25) is 0 Å². The highest BCUT2D eigenvalue weighted by molar-refractivity contribution is 14.0. The number of aliphatic hydroxyl groups excluding tert-OH is 1. The first-order chi connectivity index (χ1) is 12.8. The van der Waals surface area contributed by atoms with Gasteiger partial charge >= 0.3 is 0 Å². The largest absolute Gasteiger partial charge is 0.478 e. The number of pyridine rings is 1. The lowest BCUT2D eigenvalue weighted by molar-refractivity contribution is 0.265. The maximum atomic E-state index is 9.69. The molecule has 0 saturated heterocycles. The Morgan fingerprint density at radius 1 is 1.19 bits per heavy atom. The van der Waals surface area contributed by atoms with Crippen molar-refractivity contribution in [1.82, 2.24) is 15.6 Å². The number of nitrogens with zero attached hydrogens (tertiary/aromatic N) is 2. The topological polar surface area (TPSA) is 78.8 Å². The van der Waals surface area contributed by atoms with E-state index in [9.17, 15) is 5.11 Å². The van der Waals surface area contributed by atoms with Gasteiger partial charge in [-0.15, -0.1) is 24.0 Å². The Labute approximate surface area is 178 Å². The molecule has 27 heavy (non-hydrogen) atoms. The van der Waals surface area contributed by atoms with Crippen LogP contribution in [0.4, 0.5) is 0 Å². The number of benzene rings is 1. The van der Waals surface area contributed by atoms with Gasteiger partial charge in [0.2, 0.25) is 5.88 Å². The van der Waals surface area contributed by atoms with Crippen LogP contribution in [-0.2, 0) is 6.54 Å². The molecule has 0 saturated carbocycles. The van der Waals surface area contributed by atoms with Gasteiger partial charge in [-0.1, -0.05) is 30.3 Å². The van der Waals surface area contributed by atoms with Crippen molar-refractivity contribution in [2.75, 3.05) is 26.3 Å². The molecule has 1 aromatic carbocycles. The van der Waals surface area contributed by atoms with E-state index in [1.165, 1.54) is 0 Å². The number of ether oxygens (including phenoxy) is 1. The van der Waals surface area contributed by atoms with Gasteiger partial charge in [-0.05, 0) is 31.0 Å². The van der Waals surface area contributed by atoms with Crippen molar-refractivity contribution < 1.29 is 9.84 Å². The molecule has 1 heterocycles. The monoisotopic (exact) mass is 484 g/mol. The number of guanidine groups is 1.